The maximum atomic E-state index is 13.1. The quantitative estimate of drug-likeness (QED) is 0.659. The fourth-order valence-electron chi connectivity index (χ4n) is 1.31. The van der Waals surface area contributed by atoms with Crippen molar-refractivity contribution in [3.05, 3.63) is 35.4 Å². The fraction of sp³-hybridized carbons (Fsp3) is 0.364. The Balaban J connectivity index is 2.36. The molecule has 0 aliphatic heterocycles. The molecule has 1 aromatic carbocycles. The summed E-state index contributed by atoms with van der Waals surface area (Å²) in [7, 11) is 0. The highest BCUT2D eigenvalue weighted by molar-refractivity contribution is 5.81. The van der Waals surface area contributed by atoms with Crippen molar-refractivity contribution >= 4 is 5.91 Å². The first-order chi connectivity index (χ1) is 8.30. The average molecular weight is 267 g/mol. The van der Waals surface area contributed by atoms with Crippen LogP contribution in [0.4, 0.5) is 22.0 Å². The van der Waals surface area contributed by atoms with Gasteiger partial charge in [0.1, 0.15) is 11.6 Å². The molecule has 0 bridgehead atoms. The van der Waals surface area contributed by atoms with Crippen molar-refractivity contribution in [3.63, 3.8) is 0 Å². The Hall–Kier alpha value is -1.66. The standard InChI is InChI=1S/C11H10F5NO/c12-8-4-3-7(9(13)6-8)2-1-5-17-10(18)11(14,15)16/h3-4,6H,1-2,5H2,(H,17,18). The van der Waals surface area contributed by atoms with Gasteiger partial charge in [0.2, 0.25) is 0 Å². The van der Waals surface area contributed by atoms with Gasteiger partial charge in [0, 0.05) is 12.6 Å². The van der Waals surface area contributed by atoms with E-state index in [0.29, 0.717) is 6.07 Å². The van der Waals surface area contributed by atoms with E-state index in [1.165, 1.54) is 6.07 Å². The zero-order valence-electron chi connectivity index (χ0n) is 9.15. The molecule has 1 aromatic rings. The summed E-state index contributed by atoms with van der Waals surface area (Å²) in [5.74, 6) is -3.50. The maximum absolute atomic E-state index is 13.1. The molecule has 0 saturated heterocycles. The van der Waals surface area contributed by atoms with Gasteiger partial charge in [0.05, 0.1) is 0 Å². The zero-order valence-corrected chi connectivity index (χ0v) is 9.15. The summed E-state index contributed by atoms with van der Waals surface area (Å²) in [5.41, 5.74) is 0.192. The van der Waals surface area contributed by atoms with E-state index in [1.807, 2.05) is 0 Å². The number of benzene rings is 1. The molecule has 1 amide bonds. The van der Waals surface area contributed by atoms with Gasteiger partial charge >= 0.3 is 12.1 Å². The normalized spacial score (nSPS) is 11.4. The van der Waals surface area contributed by atoms with Gasteiger partial charge in [-0.2, -0.15) is 13.2 Å². The second kappa shape index (κ2) is 5.79. The van der Waals surface area contributed by atoms with Crippen molar-refractivity contribution in [1.29, 1.82) is 0 Å². The number of aryl methyl sites for hydroxylation is 1. The Morgan fingerprint density at radius 2 is 1.89 bits per heavy atom. The molecule has 0 fully saturated rings. The molecule has 0 aliphatic carbocycles. The van der Waals surface area contributed by atoms with Crippen LogP contribution < -0.4 is 5.32 Å². The molecule has 100 valence electrons. The third-order valence-corrected chi connectivity index (χ3v) is 2.18. The van der Waals surface area contributed by atoms with E-state index in [0.717, 1.165) is 6.07 Å². The van der Waals surface area contributed by atoms with Crippen LogP contribution in [-0.4, -0.2) is 18.6 Å². The van der Waals surface area contributed by atoms with Crippen molar-refractivity contribution in [2.45, 2.75) is 19.0 Å². The number of hydrogen-bond acceptors (Lipinski definition) is 1. The minimum Gasteiger partial charge on any atom is -0.348 e. The van der Waals surface area contributed by atoms with Crippen LogP contribution in [0.25, 0.3) is 0 Å². The molecule has 0 atom stereocenters. The van der Waals surface area contributed by atoms with E-state index in [-0.39, 0.29) is 24.9 Å². The maximum Gasteiger partial charge on any atom is 0.471 e. The van der Waals surface area contributed by atoms with E-state index in [2.05, 4.69) is 0 Å². The molecule has 2 nitrogen and oxygen atoms in total. The van der Waals surface area contributed by atoms with Gasteiger partial charge in [-0.1, -0.05) is 6.07 Å². The Labute approximate surface area is 99.8 Å². The molecule has 0 aliphatic rings. The van der Waals surface area contributed by atoms with Crippen LogP contribution in [-0.2, 0) is 11.2 Å². The first-order valence-electron chi connectivity index (χ1n) is 5.09. The molecule has 0 heterocycles. The van der Waals surface area contributed by atoms with Crippen LogP contribution in [0.5, 0.6) is 0 Å². The third kappa shape index (κ3) is 4.31. The van der Waals surface area contributed by atoms with Crippen molar-refractivity contribution in [2.75, 3.05) is 6.54 Å². The molecular formula is C11H10F5NO. The van der Waals surface area contributed by atoms with E-state index in [9.17, 15) is 26.7 Å². The molecule has 18 heavy (non-hydrogen) atoms. The lowest BCUT2D eigenvalue weighted by Crippen LogP contribution is -2.37. The monoisotopic (exact) mass is 267 g/mol. The molecule has 1 rings (SSSR count). The van der Waals surface area contributed by atoms with Crippen LogP contribution in [0.3, 0.4) is 0 Å². The highest BCUT2D eigenvalue weighted by Crippen LogP contribution is 2.14. The van der Waals surface area contributed by atoms with Crippen molar-refractivity contribution in [1.82, 2.24) is 5.32 Å². The lowest BCUT2D eigenvalue weighted by atomic mass is 10.1. The minimum absolute atomic E-state index is 0.115. The van der Waals surface area contributed by atoms with Gasteiger partial charge in [-0.05, 0) is 24.5 Å². The minimum atomic E-state index is -4.92. The molecule has 0 aromatic heterocycles. The van der Waals surface area contributed by atoms with Crippen LogP contribution in [0, 0.1) is 11.6 Å². The number of halogens is 5. The number of rotatable bonds is 4. The first kappa shape index (κ1) is 14.4. The van der Waals surface area contributed by atoms with Crippen LogP contribution >= 0.6 is 0 Å². The topological polar surface area (TPSA) is 29.1 Å². The molecule has 0 saturated carbocycles. The van der Waals surface area contributed by atoms with Gasteiger partial charge in [0.15, 0.2) is 0 Å². The summed E-state index contributed by atoms with van der Waals surface area (Å²) in [6, 6.07) is 2.98. The van der Waals surface area contributed by atoms with E-state index >= 15 is 0 Å². The number of carbonyl (C=O) groups excluding carboxylic acids is 1. The molecule has 1 N–H and O–H groups in total. The van der Waals surface area contributed by atoms with E-state index in [4.69, 9.17) is 0 Å². The molecular weight excluding hydrogens is 257 g/mol. The van der Waals surface area contributed by atoms with Crippen molar-refractivity contribution in [3.8, 4) is 0 Å². The Bertz CT molecular complexity index is 430. The lowest BCUT2D eigenvalue weighted by molar-refractivity contribution is -0.173. The average Bonchev–Trinajstić information content (AvgIpc) is 2.25. The zero-order chi connectivity index (χ0) is 13.8. The Morgan fingerprint density at radius 3 is 2.44 bits per heavy atom. The van der Waals surface area contributed by atoms with Gasteiger partial charge in [-0.15, -0.1) is 0 Å². The van der Waals surface area contributed by atoms with Crippen molar-refractivity contribution < 1.29 is 26.7 Å². The largest absolute Gasteiger partial charge is 0.471 e. The second-order valence-corrected chi connectivity index (χ2v) is 3.59. The van der Waals surface area contributed by atoms with Gasteiger partial charge in [0.25, 0.3) is 0 Å². The summed E-state index contributed by atoms with van der Waals surface area (Å²) in [6.07, 6.45) is -4.67. The summed E-state index contributed by atoms with van der Waals surface area (Å²) in [5, 5.41) is 1.66. The number of alkyl halides is 3. The predicted molar refractivity (Wildman–Crippen MR) is 53.7 cm³/mol. The number of carbonyl (C=O) groups is 1. The molecule has 0 radical (unpaired) electrons. The Morgan fingerprint density at radius 1 is 1.22 bits per heavy atom. The number of nitrogens with one attached hydrogen (secondary N) is 1. The van der Waals surface area contributed by atoms with Crippen LogP contribution in [0.1, 0.15) is 12.0 Å². The number of amides is 1. The van der Waals surface area contributed by atoms with Gasteiger partial charge in [-0.3, -0.25) is 4.79 Å². The second-order valence-electron chi connectivity index (χ2n) is 3.59. The Kier molecular flexibility index (Phi) is 4.63. The summed E-state index contributed by atoms with van der Waals surface area (Å²) in [4.78, 5) is 10.4. The van der Waals surface area contributed by atoms with Crippen LogP contribution in [0.2, 0.25) is 0 Å². The SMILES string of the molecule is O=C(NCCCc1ccc(F)cc1F)C(F)(F)F. The summed E-state index contributed by atoms with van der Waals surface area (Å²) < 4.78 is 61.1. The lowest BCUT2D eigenvalue weighted by Gasteiger charge is -2.08. The van der Waals surface area contributed by atoms with E-state index < -0.39 is 23.7 Å². The summed E-state index contributed by atoms with van der Waals surface area (Å²) >= 11 is 0. The number of hydrogen-bond donors (Lipinski definition) is 1. The van der Waals surface area contributed by atoms with E-state index in [1.54, 1.807) is 5.32 Å². The van der Waals surface area contributed by atoms with Crippen LogP contribution in [0.15, 0.2) is 18.2 Å². The van der Waals surface area contributed by atoms with Crippen molar-refractivity contribution in [2.24, 2.45) is 0 Å². The third-order valence-electron chi connectivity index (χ3n) is 2.18. The fourth-order valence-corrected chi connectivity index (χ4v) is 1.31. The highest BCUT2D eigenvalue weighted by Gasteiger charge is 2.38. The molecule has 0 spiro atoms. The first-order valence-corrected chi connectivity index (χ1v) is 5.09. The molecule has 7 heteroatoms. The molecule has 0 unspecified atom stereocenters. The van der Waals surface area contributed by atoms with Gasteiger partial charge in [-0.25, -0.2) is 8.78 Å². The summed E-state index contributed by atoms with van der Waals surface area (Å²) in [6.45, 7) is -0.227. The predicted octanol–water partition coefficient (Wildman–Crippen LogP) is 2.58. The smallest absolute Gasteiger partial charge is 0.348 e. The highest BCUT2D eigenvalue weighted by atomic mass is 19.4. The van der Waals surface area contributed by atoms with Gasteiger partial charge < -0.3 is 5.32 Å².